The van der Waals surface area contributed by atoms with Crippen LogP contribution in [0.5, 0.6) is 0 Å². The average molecular weight is 275 g/mol. The van der Waals surface area contributed by atoms with Gasteiger partial charge < -0.3 is 10.6 Å². The summed E-state index contributed by atoms with van der Waals surface area (Å²) in [5, 5.41) is 6.55. The molecule has 1 aromatic heterocycles. The first-order valence-electron chi connectivity index (χ1n) is 7.57. The van der Waals surface area contributed by atoms with Crippen LogP contribution in [0.2, 0.25) is 0 Å². The zero-order valence-electron chi connectivity index (χ0n) is 12.4. The number of carbonyl (C=O) groups is 1. The Hall–Kier alpha value is -1.42. The van der Waals surface area contributed by atoms with Gasteiger partial charge in [0.2, 0.25) is 5.91 Å². The van der Waals surface area contributed by atoms with Crippen molar-refractivity contribution < 1.29 is 4.79 Å². The van der Waals surface area contributed by atoms with Crippen LogP contribution in [0.1, 0.15) is 44.6 Å². The first kappa shape index (κ1) is 15.0. The number of hydrogen-bond donors (Lipinski definition) is 2. The average Bonchev–Trinajstić information content (AvgIpc) is 2.47. The molecule has 0 spiro atoms. The van der Waals surface area contributed by atoms with E-state index >= 15 is 0 Å². The SMILES string of the molecule is C[C@H](CC(=O)NC[C@@H]1NCCC[C@H]1C)c1ccncc1. The fourth-order valence-electron chi connectivity index (χ4n) is 2.77. The van der Waals surface area contributed by atoms with Crippen LogP contribution < -0.4 is 10.6 Å². The van der Waals surface area contributed by atoms with Crippen LogP contribution in [0.25, 0.3) is 0 Å². The molecule has 1 aliphatic heterocycles. The highest BCUT2D eigenvalue weighted by atomic mass is 16.1. The van der Waals surface area contributed by atoms with E-state index in [1.807, 2.05) is 12.1 Å². The van der Waals surface area contributed by atoms with Gasteiger partial charge >= 0.3 is 0 Å². The van der Waals surface area contributed by atoms with Gasteiger partial charge in [-0.2, -0.15) is 0 Å². The second-order valence-electron chi connectivity index (χ2n) is 5.87. The van der Waals surface area contributed by atoms with Crippen LogP contribution in [0.15, 0.2) is 24.5 Å². The number of nitrogens with one attached hydrogen (secondary N) is 2. The number of piperidine rings is 1. The molecule has 0 bridgehead atoms. The van der Waals surface area contributed by atoms with Gasteiger partial charge in [0.25, 0.3) is 0 Å². The van der Waals surface area contributed by atoms with E-state index in [-0.39, 0.29) is 11.8 Å². The molecule has 2 N–H and O–H groups in total. The molecule has 1 aromatic rings. The van der Waals surface area contributed by atoms with Crippen molar-refractivity contribution in [2.75, 3.05) is 13.1 Å². The zero-order chi connectivity index (χ0) is 14.4. The van der Waals surface area contributed by atoms with Crippen LogP contribution in [0.4, 0.5) is 0 Å². The summed E-state index contributed by atoms with van der Waals surface area (Å²) in [5.74, 6) is 1.00. The van der Waals surface area contributed by atoms with Crippen molar-refractivity contribution in [3.05, 3.63) is 30.1 Å². The summed E-state index contributed by atoms with van der Waals surface area (Å²) in [4.78, 5) is 16.0. The molecule has 4 heteroatoms. The van der Waals surface area contributed by atoms with E-state index in [0.717, 1.165) is 13.1 Å². The lowest BCUT2D eigenvalue weighted by molar-refractivity contribution is -0.121. The molecule has 3 atom stereocenters. The molecule has 0 saturated carbocycles. The molecule has 0 aliphatic carbocycles. The number of hydrogen-bond acceptors (Lipinski definition) is 3. The molecule has 2 heterocycles. The van der Waals surface area contributed by atoms with Crippen molar-refractivity contribution in [2.45, 2.75) is 45.1 Å². The molecule has 1 saturated heterocycles. The van der Waals surface area contributed by atoms with Gasteiger partial charge in [-0.25, -0.2) is 0 Å². The fourth-order valence-corrected chi connectivity index (χ4v) is 2.77. The first-order chi connectivity index (χ1) is 9.66. The minimum Gasteiger partial charge on any atom is -0.355 e. The lowest BCUT2D eigenvalue weighted by atomic mass is 9.92. The quantitative estimate of drug-likeness (QED) is 0.865. The minimum atomic E-state index is 0.133. The monoisotopic (exact) mass is 275 g/mol. The number of rotatable bonds is 5. The van der Waals surface area contributed by atoms with E-state index in [9.17, 15) is 4.79 Å². The summed E-state index contributed by atoms with van der Waals surface area (Å²) < 4.78 is 0. The summed E-state index contributed by atoms with van der Waals surface area (Å²) in [6.45, 7) is 6.14. The molecular weight excluding hydrogens is 250 g/mol. The number of pyridine rings is 1. The lowest BCUT2D eigenvalue weighted by Crippen LogP contribution is -2.47. The Morgan fingerprint density at radius 3 is 2.95 bits per heavy atom. The molecular formula is C16H25N3O. The fraction of sp³-hybridized carbons (Fsp3) is 0.625. The van der Waals surface area contributed by atoms with Gasteiger partial charge in [0.15, 0.2) is 0 Å². The van der Waals surface area contributed by atoms with E-state index < -0.39 is 0 Å². The minimum absolute atomic E-state index is 0.133. The van der Waals surface area contributed by atoms with Crippen molar-refractivity contribution in [3.8, 4) is 0 Å². The zero-order valence-corrected chi connectivity index (χ0v) is 12.4. The Morgan fingerprint density at radius 1 is 1.50 bits per heavy atom. The van der Waals surface area contributed by atoms with E-state index in [1.54, 1.807) is 12.4 Å². The van der Waals surface area contributed by atoms with Crippen LogP contribution in [-0.4, -0.2) is 30.0 Å². The predicted molar refractivity (Wildman–Crippen MR) is 80.5 cm³/mol. The molecule has 1 fully saturated rings. The third kappa shape index (κ3) is 4.30. The Kier molecular flexibility index (Phi) is 5.53. The summed E-state index contributed by atoms with van der Waals surface area (Å²) >= 11 is 0. The van der Waals surface area contributed by atoms with E-state index in [0.29, 0.717) is 18.4 Å². The summed E-state index contributed by atoms with van der Waals surface area (Å²) in [6.07, 6.45) is 6.57. The van der Waals surface area contributed by atoms with Gasteiger partial charge in [0.1, 0.15) is 0 Å². The Balaban J connectivity index is 1.75. The normalized spacial score (nSPS) is 24.1. The largest absolute Gasteiger partial charge is 0.355 e. The van der Waals surface area contributed by atoms with Crippen molar-refractivity contribution >= 4 is 5.91 Å². The molecule has 0 radical (unpaired) electrons. The van der Waals surface area contributed by atoms with Crippen LogP contribution in [0.3, 0.4) is 0 Å². The maximum atomic E-state index is 12.0. The lowest BCUT2D eigenvalue weighted by Gasteiger charge is -2.30. The van der Waals surface area contributed by atoms with Gasteiger partial charge in [-0.05, 0) is 48.9 Å². The maximum Gasteiger partial charge on any atom is 0.220 e. The summed E-state index contributed by atoms with van der Waals surface area (Å²) in [5.41, 5.74) is 1.17. The van der Waals surface area contributed by atoms with Gasteiger partial charge in [-0.3, -0.25) is 9.78 Å². The topological polar surface area (TPSA) is 54.0 Å². The first-order valence-corrected chi connectivity index (χ1v) is 7.57. The molecule has 0 unspecified atom stereocenters. The summed E-state index contributed by atoms with van der Waals surface area (Å²) in [6, 6.07) is 4.37. The van der Waals surface area contributed by atoms with E-state index in [2.05, 4.69) is 29.5 Å². The number of aromatic nitrogens is 1. The maximum absolute atomic E-state index is 12.0. The number of nitrogens with zero attached hydrogens (tertiary/aromatic N) is 1. The highest BCUT2D eigenvalue weighted by Crippen LogP contribution is 2.18. The molecule has 20 heavy (non-hydrogen) atoms. The van der Waals surface area contributed by atoms with Crippen LogP contribution >= 0.6 is 0 Å². The second-order valence-corrected chi connectivity index (χ2v) is 5.87. The van der Waals surface area contributed by atoms with Crippen molar-refractivity contribution in [1.82, 2.24) is 15.6 Å². The van der Waals surface area contributed by atoms with Crippen molar-refractivity contribution in [1.29, 1.82) is 0 Å². The smallest absolute Gasteiger partial charge is 0.220 e. The number of carbonyl (C=O) groups excluding carboxylic acids is 1. The highest BCUT2D eigenvalue weighted by Gasteiger charge is 2.21. The Labute approximate surface area is 121 Å². The van der Waals surface area contributed by atoms with Crippen molar-refractivity contribution in [3.63, 3.8) is 0 Å². The Bertz CT molecular complexity index is 421. The molecule has 2 rings (SSSR count). The highest BCUT2D eigenvalue weighted by molar-refractivity contribution is 5.76. The van der Waals surface area contributed by atoms with Gasteiger partial charge in [-0.1, -0.05) is 13.8 Å². The molecule has 1 amide bonds. The standard InChI is InChI=1S/C16H25N3O/c1-12-4-3-7-18-15(12)11-19-16(20)10-13(2)14-5-8-17-9-6-14/h5-6,8-9,12-13,15,18H,3-4,7,10-11H2,1-2H3,(H,19,20)/t12-,13-,15+/m1/s1. The van der Waals surface area contributed by atoms with E-state index in [4.69, 9.17) is 0 Å². The Morgan fingerprint density at radius 2 is 2.25 bits per heavy atom. The van der Waals surface area contributed by atoms with Crippen LogP contribution in [0, 0.1) is 5.92 Å². The van der Waals surface area contributed by atoms with Gasteiger partial charge in [0.05, 0.1) is 0 Å². The van der Waals surface area contributed by atoms with Gasteiger partial charge in [0, 0.05) is 31.4 Å². The molecule has 4 nitrogen and oxygen atoms in total. The predicted octanol–water partition coefficient (Wildman–Crippen LogP) is 2.08. The molecule has 1 aliphatic rings. The number of amides is 1. The third-order valence-corrected chi connectivity index (χ3v) is 4.22. The van der Waals surface area contributed by atoms with Gasteiger partial charge in [-0.15, -0.1) is 0 Å². The molecule has 0 aromatic carbocycles. The summed E-state index contributed by atoms with van der Waals surface area (Å²) in [7, 11) is 0. The third-order valence-electron chi connectivity index (χ3n) is 4.22. The van der Waals surface area contributed by atoms with E-state index in [1.165, 1.54) is 18.4 Å². The second kappa shape index (κ2) is 7.39. The van der Waals surface area contributed by atoms with Crippen molar-refractivity contribution in [2.24, 2.45) is 5.92 Å². The molecule has 110 valence electrons. The van der Waals surface area contributed by atoms with Crippen LogP contribution in [-0.2, 0) is 4.79 Å².